The molecule has 6 heteroatoms. The van der Waals surface area contributed by atoms with Crippen LogP contribution in [0.2, 0.25) is 0 Å². The van der Waals surface area contributed by atoms with Crippen LogP contribution in [0.3, 0.4) is 0 Å². The van der Waals surface area contributed by atoms with E-state index in [2.05, 4.69) is 43.4 Å². The summed E-state index contributed by atoms with van der Waals surface area (Å²) in [6.07, 6.45) is 7.77. The minimum absolute atomic E-state index is 0.898. The molecule has 4 heterocycles. The van der Waals surface area contributed by atoms with Crippen LogP contribution in [0.15, 0.2) is 49.1 Å². The molecular formula is C17H19N5S. The van der Waals surface area contributed by atoms with Gasteiger partial charge in [0.05, 0.1) is 5.88 Å². The van der Waals surface area contributed by atoms with Gasteiger partial charge in [-0.3, -0.25) is 4.98 Å². The van der Waals surface area contributed by atoms with Crippen molar-refractivity contribution in [2.45, 2.75) is 0 Å². The zero-order valence-electron chi connectivity index (χ0n) is 12.9. The van der Waals surface area contributed by atoms with Crippen molar-refractivity contribution < 1.29 is 0 Å². The average molecular weight is 325 g/mol. The van der Waals surface area contributed by atoms with Crippen molar-refractivity contribution in [3.05, 3.63) is 54.6 Å². The first kappa shape index (κ1) is 14.5. The van der Waals surface area contributed by atoms with Gasteiger partial charge in [0.25, 0.3) is 0 Å². The summed E-state index contributed by atoms with van der Waals surface area (Å²) in [4.78, 5) is 14.5. The lowest BCUT2D eigenvalue weighted by molar-refractivity contribution is 0.589. The van der Waals surface area contributed by atoms with Crippen LogP contribution in [-0.4, -0.2) is 42.0 Å². The van der Waals surface area contributed by atoms with E-state index < -0.39 is 0 Å². The van der Waals surface area contributed by atoms with Gasteiger partial charge in [0, 0.05) is 67.6 Å². The Hall–Kier alpha value is -2.05. The SMILES string of the molecule is C1=C(c2ccncc2)SCN1c1cc(N2CCNCC2)ccn1. The second-order valence-electron chi connectivity index (χ2n) is 5.58. The van der Waals surface area contributed by atoms with Crippen molar-refractivity contribution >= 4 is 28.2 Å². The molecule has 5 nitrogen and oxygen atoms in total. The fourth-order valence-electron chi connectivity index (χ4n) is 2.85. The Bertz CT molecular complexity index is 697. The van der Waals surface area contributed by atoms with Crippen LogP contribution in [0.1, 0.15) is 5.56 Å². The molecule has 23 heavy (non-hydrogen) atoms. The zero-order valence-corrected chi connectivity index (χ0v) is 13.7. The Labute approximate surface area is 140 Å². The molecule has 0 aliphatic carbocycles. The van der Waals surface area contributed by atoms with Crippen molar-refractivity contribution in [3.8, 4) is 0 Å². The van der Waals surface area contributed by atoms with Gasteiger partial charge in [0.1, 0.15) is 5.82 Å². The summed E-state index contributed by atoms with van der Waals surface area (Å²) >= 11 is 1.84. The molecule has 0 saturated carbocycles. The minimum Gasteiger partial charge on any atom is -0.369 e. The molecule has 1 saturated heterocycles. The van der Waals surface area contributed by atoms with E-state index in [1.165, 1.54) is 16.2 Å². The zero-order chi connectivity index (χ0) is 15.5. The molecule has 0 unspecified atom stereocenters. The maximum absolute atomic E-state index is 4.56. The van der Waals surface area contributed by atoms with Crippen LogP contribution < -0.4 is 15.1 Å². The Morgan fingerprint density at radius 1 is 1.04 bits per heavy atom. The van der Waals surface area contributed by atoms with Gasteiger partial charge in [-0.2, -0.15) is 0 Å². The van der Waals surface area contributed by atoms with E-state index in [-0.39, 0.29) is 0 Å². The van der Waals surface area contributed by atoms with Crippen LogP contribution in [0.4, 0.5) is 11.5 Å². The molecule has 0 spiro atoms. The number of anilines is 2. The third-order valence-electron chi connectivity index (χ3n) is 4.10. The Balaban J connectivity index is 1.55. The lowest BCUT2D eigenvalue weighted by Gasteiger charge is -2.30. The standard InChI is InChI=1S/C17H19N5S/c1-4-18-5-2-14(1)16-12-22(13-23-16)17-11-15(3-6-20-17)21-9-7-19-8-10-21/h1-6,11-12,19H,7-10,13H2. The van der Waals surface area contributed by atoms with E-state index >= 15 is 0 Å². The molecular weight excluding hydrogens is 306 g/mol. The van der Waals surface area contributed by atoms with Crippen molar-refractivity contribution in [2.24, 2.45) is 0 Å². The Kier molecular flexibility index (Phi) is 4.17. The second-order valence-corrected chi connectivity index (χ2v) is 6.57. The number of piperazine rings is 1. The van der Waals surface area contributed by atoms with Crippen LogP contribution in [-0.2, 0) is 0 Å². The highest BCUT2D eigenvalue weighted by molar-refractivity contribution is 8.08. The molecule has 0 radical (unpaired) electrons. The number of hydrogen-bond acceptors (Lipinski definition) is 6. The van der Waals surface area contributed by atoms with E-state index in [0.29, 0.717) is 0 Å². The minimum atomic E-state index is 0.898. The Morgan fingerprint density at radius 3 is 2.70 bits per heavy atom. The van der Waals surface area contributed by atoms with Gasteiger partial charge in [-0.15, -0.1) is 11.8 Å². The number of nitrogens with one attached hydrogen (secondary N) is 1. The molecule has 2 aromatic heterocycles. The monoisotopic (exact) mass is 325 g/mol. The van der Waals surface area contributed by atoms with E-state index in [0.717, 1.165) is 37.9 Å². The molecule has 2 aliphatic heterocycles. The summed E-state index contributed by atoms with van der Waals surface area (Å²) < 4.78 is 0. The van der Waals surface area contributed by atoms with Crippen LogP contribution in [0.25, 0.3) is 4.91 Å². The number of pyridine rings is 2. The largest absolute Gasteiger partial charge is 0.369 e. The van der Waals surface area contributed by atoms with Gasteiger partial charge in [0.2, 0.25) is 0 Å². The van der Waals surface area contributed by atoms with Crippen molar-refractivity contribution in [2.75, 3.05) is 41.9 Å². The quantitative estimate of drug-likeness (QED) is 0.935. The van der Waals surface area contributed by atoms with E-state index in [1.54, 1.807) is 0 Å². The fraction of sp³-hybridized carbons (Fsp3) is 0.294. The van der Waals surface area contributed by atoms with Crippen LogP contribution in [0.5, 0.6) is 0 Å². The summed E-state index contributed by atoms with van der Waals surface area (Å²) in [6.45, 7) is 4.19. The molecule has 2 aromatic rings. The smallest absolute Gasteiger partial charge is 0.135 e. The first-order valence-corrected chi connectivity index (χ1v) is 8.82. The lowest BCUT2D eigenvalue weighted by Crippen LogP contribution is -2.43. The number of thioether (sulfide) groups is 1. The fourth-order valence-corrected chi connectivity index (χ4v) is 3.84. The first-order chi connectivity index (χ1) is 11.4. The summed E-state index contributed by atoms with van der Waals surface area (Å²) in [7, 11) is 0. The lowest BCUT2D eigenvalue weighted by atomic mass is 10.2. The molecule has 4 rings (SSSR count). The molecule has 0 amide bonds. The van der Waals surface area contributed by atoms with Crippen LogP contribution in [0, 0.1) is 0 Å². The molecule has 0 aromatic carbocycles. The normalized spacial score (nSPS) is 18.2. The maximum Gasteiger partial charge on any atom is 0.135 e. The maximum atomic E-state index is 4.56. The van der Waals surface area contributed by atoms with E-state index in [9.17, 15) is 0 Å². The summed E-state index contributed by atoms with van der Waals surface area (Å²) in [5, 5.41) is 3.39. The van der Waals surface area contributed by atoms with Crippen LogP contribution >= 0.6 is 11.8 Å². The highest BCUT2D eigenvalue weighted by atomic mass is 32.2. The second kappa shape index (κ2) is 6.60. The Morgan fingerprint density at radius 2 is 1.87 bits per heavy atom. The number of rotatable bonds is 3. The molecule has 2 aliphatic rings. The van der Waals surface area contributed by atoms with Gasteiger partial charge in [-0.25, -0.2) is 4.98 Å². The third-order valence-corrected chi connectivity index (χ3v) is 5.16. The highest BCUT2D eigenvalue weighted by Gasteiger charge is 2.18. The summed E-state index contributed by atoms with van der Waals surface area (Å²) in [6, 6.07) is 8.39. The molecule has 118 valence electrons. The first-order valence-electron chi connectivity index (χ1n) is 7.83. The van der Waals surface area contributed by atoms with Gasteiger partial charge >= 0.3 is 0 Å². The molecule has 1 fully saturated rings. The molecule has 1 N–H and O–H groups in total. The summed E-state index contributed by atoms with van der Waals surface area (Å²) in [5.41, 5.74) is 2.47. The third kappa shape index (κ3) is 3.18. The predicted octanol–water partition coefficient (Wildman–Crippen LogP) is 2.40. The average Bonchev–Trinajstić information content (AvgIpc) is 3.14. The number of nitrogens with zero attached hydrogens (tertiary/aromatic N) is 4. The van der Waals surface area contributed by atoms with Gasteiger partial charge in [-0.1, -0.05) is 0 Å². The van der Waals surface area contributed by atoms with Gasteiger partial charge < -0.3 is 15.1 Å². The van der Waals surface area contributed by atoms with Gasteiger partial charge in [0.15, 0.2) is 0 Å². The highest BCUT2D eigenvalue weighted by Crippen LogP contribution is 2.36. The number of hydrogen-bond donors (Lipinski definition) is 1. The van der Waals surface area contributed by atoms with Crippen molar-refractivity contribution in [1.29, 1.82) is 0 Å². The topological polar surface area (TPSA) is 44.3 Å². The van der Waals surface area contributed by atoms with Gasteiger partial charge in [-0.05, 0) is 23.8 Å². The number of aromatic nitrogens is 2. The predicted molar refractivity (Wildman–Crippen MR) is 96.5 cm³/mol. The van der Waals surface area contributed by atoms with Crippen molar-refractivity contribution in [1.82, 2.24) is 15.3 Å². The molecule has 0 atom stereocenters. The van der Waals surface area contributed by atoms with Crippen molar-refractivity contribution in [3.63, 3.8) is 0 Å². The van der Waals surface area contributed by atoms with E-state index in [1.807, 2.05) is 42.5 Å². The molecule has 0 bridgehead atoms. The summed E-state index contributed by atoms with van der Waals surface area (Å²) in [5.74, 6) is 1.91. The van der Waals surface area contributed by atoms with E-state index in [4.69, 9.17) is 0 Å².